The SMILES string of the molecule is CC(C)CCOc1ccc(C(=O)NC(=S)N2CCN(c3ccccc3)CC2)cc1Br. The van der Waals surface area contributed by atoms with Crippen LogP contribution in [0.2, 0.25) is 0 Å². The average molecular weight is 490 g/mol. The normalized spacial score (nSPS) is 14.0. The van der Waals surface area contributed by atoms with Crippen molar-refractivity contribution in [1.29, 1.82) is 0 Å². The third-order valence-corrected chi connectivity index (χ3v) is 6.04. The van der Waals surface area contributed by atoms with Gasteiger partial charge >= 0.3 is 0 Å². The lowest BCUT2D eigenvalue weighted by Gasteiger charge is -2.37. The summed E-state index contributed by atoms with van der Waals surface area (Å²) >= 11 is 8.99. The van der Waals surface area contributed by atoms with Crippen molar-refractivity contribution in [3.05, 3.63) is 58.6 Å². The predicted molar refractivity (Wildman–Crippen MR) is 129 cm³/mol. The standard InChI is InChI=1S/C23H28BrN3O2S/c1-17(2)10-15-29-21-9-8-18(16-20(21)24)22(28)25-23(30)27-13-11-26(12-14-27)19-6-4-3-5-7-19/h3-9,16-17H,10-15H2,1-2H3,(H,25,28,30). The molecular weight excluding hydrogens is 462 g/mol. The maximum atomic E-state index is 12.7. The lowest BCUT2D eigenvalue weighted by molar-refractivity contribution is 0.0973. The summed E-state index contributed by atoms with van der Waals surface area (Å²) in [6.07, 6.45) is 0.987. The van der Waals surface area contributed by atoms with Crippen molar-refractivity contribution >= 4 is 44.9 Å². The molecule has 0 aromatic heterocycles. The molecule has 0 spiro atoms. The average Bonchev–Trinajstić information content (AvgIpc) is 2.75. The second-order valence-electron chi connectivity index (χ2n) is 7.75. The number of carbonyl (C=O) groups excluding carboxylic acids is 1. The Morgan fingerprint density at radius 3 is 2.47 bits per heavy atom. The molecule has 1 heterocycles. The molecule has 3 rings (SSSR count). The molecule has 1 aliphatic rings. The first-order chi connectivity index (χ1) is 14.4. The van der Waals surface area contributed by atoms with Crippen LogP contribution in [0, 0.1) is 5.92 Å². The first-order valence-electron chi connectivity index (χ1n) is 10.3. The van der Waals surface area contributed by atoms with Crippen molar-refractivity contribution in [1.82, 2.24) is 10.2 Å². The van der Waals surface area contributed by atoms with Gasteiger partial charge in [0.05, 0.1) is 11.1 Å². The number of thiocarbonyl (C=S) groups is 1. The fourth-order valence-electron chi connectivity index (χ4n) is 3.22. The summed E-state index contributed by atoms with van der Waals surface area (Å²) in [5, 5.41) is 3.34. The zero-order valence-electron chi connectivity index (χ0n) is 17.4. The van der Waals surface area contributed by atoms with Gasteiger partial charge in [-0.25, -0.2) is 0 Å². The number of nitrogens with zero attached hydrogens (tertiary/aromatic N) is 2. The molecule has 1 aliphatic heterocycles. The van der Waals surface area contributed by atoms with Gasteiger partial charge in [-0.1, -0.05) is 32.0 Å². The van der Waals surface area contributed by atoms with E-state index in [4.69, 9.17) is 17.0 Å². The molecule has 0 atom stereocenters. The van der Waals surface area contributed by atoms with Gasteiger partial charge in [-0.05, 0) is 70.8 Å². The van der Waals surface area contributed by atoms with Crippen LogP contribution in [0.15, 0.2) is 53.0 Å². The molecule has 1 amide bonds. The molecule has 30 heavy (non-hydrogen) atoms. The largest absolute Gasteiger partial charge is 0.492 e. The van der Waals surface area contributed by atoms with E-state index in [1.807, 2.05) is 29.2 Å². The number of anilines is 1. The molecule has 0 radical (unpaired) electrons. The number of ether oxygens (including phenoxy) is 1. The number of hydrogen-bond donors (Lipinski definition) is 1. The van der Waals surface area contributed by atoms with Crippen LogP contribution in [0.3, 0.4) is 0 Å². The van der Waals surface area contributed by atoms with Gasteiger partial charge in [0.25, 0.3) is 5.91 Å². The number of halogens is 1. The Labute approximate surface area is 192 Å². The molecule has 2 aromatic rings. The Bertz CT molecular complexity index is 868. The van der Waals surface area contributed by atoms with Crippen molar-refractivity contribution in [2.75, 3.05) is 37.7 Å². The van der Waals surface area contributed by atoms with Crippen LogP contribution >= 0.6 is 28.1 Å². The van der Waals surface area contributed by atoms with E-state index in [9.17, 15) is 4.79 Å². The van der Waals surface area contributed by atoms with Crippen molar-refractivity contribution < 1.29 is 9.53 Å². The monoisotopic (exact) mass is 489 g/mol. The van der Waals surface area contributed by atoms with Gasteiger partial charge in [0.1, 0.15) is 5.75 Å². The molecule has 1 saturated heterocycles. The van der Waals surface area contributed by atoms with Crippen molar-refractivity contribution in [2.45, 2.75) is 20.3 Å². The summed E-state index contributed by atoms with van der Waals surface area (Å²) in [6, 6.07) is 15.7. The molecule has 0 bridgehead atoms. The minimum atomic E-state index is -0.208. The molecule has 160 valence electrons. The molecule has 1 fully saturated rings. The predicted octanol–water partition coefficient (Wildman–Crippen LogP) is 4.71. The topological polar surface area (TPSA) is 44.8 Å². The van der Waals surface area contributed by atoms with E-state index in [1.165, 1.54) is 5.69 Å². The Morgan fingerprint density at radius 1 is 1.13 bits per heavy atom. The van der Waals surface area contributed by atoms with E-state index >= 15 is 0 Å². The number of carbonyl (C=O) groups is 1. The molecule has 1 N–H and O–H groups in total. The van der Waals surface area contributed by atoms with Crippen LogP contribution in [-0.4, -0.2) is 48.7 Å². The van der Waals surface area contributed by atoms with Crippen molar-refractivity contribution in [3.63, 3.8) is 0 Å². The van der Waals surface area contributed by atoms with Crippen molar-refractivity contribution in [3.8, 4) is 5.75 Å². The van der Waals surface area contributed by atoms with Gasteiger partial charge in [-0.2, -0.15) is 0 Å². The minimum absolute atomic E-state index is 0.208. The van der Waals surface area contributed by atoms with Crippen molar-refractivity contribution in [2.24, 2.45) is 5.92 Å². The van der Waals surface area contributed by atoms with Crippen LogP contribution in [0.4, 0.5) is 5.69 Å². The fourth-order valence-corrected chi connectivity index (χ4v) is 3.99. The summed E-state index contributed by atoms with van der Waals surface area (Å²) in [5.41, 5.74) is 1.76. The number of hydrogen-bond acceptors (Lipinski definition) is 4. The molecule has 0 aliphatic carbocycles. The highest BCUT2D eigenvalue weighted by atomic mass is 79.9. The number of para-hydroxylation sites is 1. The zero-order valence-corrected chi connectivity index (χ0v) is 19.8. The van der Waals surface area contributed by atoms with E-state index in [2.05, 4.69) is 52.1 Å². The highest BCUT2D eigenvalue weighted by molar-refractivity contribution is 9.10. The highest BCUT2D eigenvalue weighted by Crippen LogP contribution is 2.26. The second-order valence-corrected chi connectivity index (χ2v) is 8.99. The van der Waals surface area contributed by atoms with Gasteiger partial charge in [0.15, 0.2) is 5.11 Å². The van der Waals surface area contributed by atoms with Gasteiger partial charge in [-0.15, -0.1) is 0 Å². The summed E-state index contributed by atoms with van der Waals surface area (Å²) in [6.45, 7) is 8.27. The van der Waals surface area contributed by atoms with E-state index < -0.39 is 0 Å². The van der Waals surface area contributed by atoms with E-state index in [0.717, 1.165) is 42.8 Å². The number of rotatable bonds is 6. The quantitative estimate of drug-likeness (QED) is 0.595. The van der Waals surface area contributed by atoms with Crippen LogP contribution in [0.25, 0.3) is 0 Å². The number of benzene rings is 2. The van der Waals surface area contributed by atoms with E-state index in [0.29, 0.717) is 23.2 Å². The van der Waals surface area contributed by atoms with Crippen LogP contribution in [0.1, 0.15) is 30.6 Å². The van der Waals surface area contributed by atoms with Crippen LogP contribution in [-0.2, 0) is 0 Å². The maximum Gasteiger partial charge on any atom is 0.257 e. The molecular formula is C23H28BrN3O2S. The zero-order chi connectivity index (χ0) is 21.5. The summed E-state index contributed by atoms with van der Waals surface area (Å²) < 4.78 is 6.55. The maximum absolute atomic E-state index is 12.7. The lowest BCUT2D eigenvalue weighted by atomic mass is 10.1. The molecule has 0 unspecified atom stereocenters. The summed E-state index contributed by atoms with van der Waals surface area (Å²) in [7, 11) is 0. The molecule has 5 nitrogen and oxygen atoms in total. The third kappa shape index (κ3) is 6.19. The summed E-state index contributed by atoms with van der Waals surface area (Å²) in [5.74, 6) is 1.12. The first kappa shape index (κ1) is 22.6. The van der Waals surface area contributed by atoms with Gasteiger partial charge in [-0.3, -0.25) is 10.1 Å². The van der Waals surface area contributed by atoms with Gasteiger partial charge < -0.3 is 14.5 Å². The van der Waals surface area contributed by atoms with Crippen LogP contribution < -0.4 is 15.0 Å². The highest BCUT2D eigenvalue weighted by Gasteiger charge is 2.21. The smallest absolute Gasteiger partial charge is 0.257 e. The molecule has 2 aromatic carbocycles. The Kier molecular flexibility index (Phi) is 8.10. The Morgan fingerprint density at radius 2 is 1.83 bits per heavy atom. The van der Waals surface area contributed by atoms with Gasteiger partial charge in [0.2, 0.25) is 0 Å². The molecule has 0 saturated carbocycles. The number of piperazine rings is 1. The van der Waals surface area contributed by atoms with E-state index in [1.54, 1.807) is 12.1 Å². The third-order valence-electron chi connectivity index (χ3n) is 5.06. The fraction of sp³-hybridized carbons (Fsp3) is 0.391. The minimum Gasteiger partial charge on any atom is -0.492 e. The Hall–Kier alpha value is -2.12. The number of nitrogens with one attached hydrogen (secondary N) is 1. The summed E-state index contributed by atoms with van der Waals surface area (Å²) in [4.78, 5) is 17.0. The van der Waals surface area contributed by atoms with E-state index in [-0.39, 0.29) is 5.91 Å². The number of amides is 1. The lowest BCUT2D eigenvalue weighted by Crippen LogP contribution is -2.52. The molecule has 7 heteroatoms. The first-order valence-corrected chi connectivity index (χ1v) is 11.5. The second kappa shape index (κ2) is 10.8. The van der Waals surface area contributed by atoms with Crippen LogP contribution in [0.5, 0.6) is 5.75 Å². The van der Waals surface area contributed by atoms with Gasteiger partial charge in [0, 0.05) is 37.4 Å². The Balaban J connectivity index is 1.51.